The van der Waals surface area contributed by atoms with Crippen LogP contribution in [0, 0.1) is 5.92 Å². The molecule has 2 unspecified atom stereocenters. The normalized spacial score (nSPS) is 24.1. The van der Waals surface area contributed by atoms with Crippen LogP contribution >= 0.6 is 24.8 Å². The zero-order valence-electron chi connectivity index (χ0n) is 16.9. The van der Waals surface area contributed by atoms with Crippen molar-refractivity contribution < 1.29 is 9.59 Å². The monoisotopic (exact) mass is 446 g/mol. The predicted molar refractivity (Wildman–Crippen MR) is 117 cm³/mol. The summed E-state index contributed by atoms with van der Waals surface area (Å²) in [6.45, 7) is 5.05. The molecular weight excluding hydrogens is 415 g/mol. The number of hydrogen-bond acceptors (Lipinski definition) is 6. The minimum absolute atomic E-state index is 0. The van der Waals surface area contributed by atoms with Crippen LogP contribution in [0.15, 0.2) is 18.5 Å². The molecule has 3 rings (SSSR count). The minimum atomic E-state index is -0.442. The molecule has 1 saturated carbocycles. The lowest BCUT2D eigenvalue weighted by molar-refractivity contribution is -0.131. The van der Waals surface area contributed by atoms with Gasteiger partial charge in [0.25, 0.3) is 0 Å². The number of nitrogens with one attached hydrogen (secondary N) is 1. The molecule has 1 saturated heterocycles. The van der Waals surface area contributed by atoms with E-state index < -0.39 is 5.54 Å². The lowest BCUT2D eigenvalue weighted by Gasteiger charge is -2.37. The fourth-order valence-corrected chi connectivity index (χ4v) is 3.97. The van der Waals surface area contributed by atoms with Gasteiger partial charge in [0.2, 0.25) is 17.8 Å². The van der Waals surface area contributed by atoms with Gasteiger partial charge in [-0.15, -0.1) is 24.8 Å². The van der Waals surface area contributed by atoms with Crippen molar-refractivity contribution in [3.8, 4) is 0 Å². The fourth-order valence-electron chi connectivity index (χ4n) is 3.97. The first-order valence-electron chi connectivity index (χ1n) is 9.84. The van der Waals surface area contributed by atoms with E-state index in [0.717, 1.165) is 38.8 Å². The van der Waals surface area contributed by atoms with Crippen molar-refractivity contribution in [1.29, 1.82) is 0 Å². The predicted octanol–water partition coefficient (Wildman–Crippen LogP) is 1.38. The highest BCUT2D eigenvalue weighted by Crippen LogP contribution is 2.31. The van der Waals surface area contributed by atoms with Crippen LogP contribution in [0.25, 0.3) is 0 Å². The molecule has 2 fully saturated rings. The highest BCUT2D eigenvalue weighted by molar-refractivity contribution is 5.85. The first kappa shape index (κ1) is 25.4. The molecule has 0 spiro atoms. The van der Waals surface area contributed by atoms with Gasteiger partial charge in [0.05, 0.1) is 5.92 Å². The first-order chi connectivity index (χ1) is 13.0. The summed E-state index contributed by atoms with van der Waals surface area (Å²) in [6.07, 6.45) is 7.59. The van der Waals surface area contributed by atoms with Crippen molar-refractivity contribution >= 4 is 42.6 Å². The summed E-state index contributed by atoms with van der Waals surface area (Å²) in [6, 6.07) is 1.79. The molecule has 2 aliphatic rings. The second-order valence-corrected chi connectivity index (χ2v) is 7.76. The quantitative estimate of drug-likeness (QED) is 0.707. The minimum Gasteiger partial charge on any atom is -0.355 e. The molecule has 1 aliphatic carbocycles. The molecule has 10 heteroatoms. The van der Waals surface area contributed by atoms with E-state index in [1.807, 2.05) is 11.8 Å². The molecule has 2 amide bonds. The Bertz CT molecular complexity index is 653. The molecule has 3 N–H and O–H groups in total. The van der Waals surface area contributed by atoms with Gasteiger partial charge in [-0.2, -0.15) is 0 Å². The molecule has 0 radical (unpaired) electrons. The third-order valence-corrected chi connectivity index (χ3v) is 5.68. The van der Waals surface area contributed by atoms with Crippen molar-refractivity contribution in [2.24, 2.45) is 11.7 Å². The molecule has 2 atom stereocenters. The Kier molecular flexibility index (Phi) is 10.1. The lowest BCUT2D eigenvalue weighted by Crippen LogP contribution is -2.53. The van der Waals surface area contributed by atoms with Gasteiger partial charge in [-0.1, -0.05) is 12.8 Å². The number of nitrogens with two attached hydrogens (primary N) is 1. The zero-order chi connectivity index (χ0) is 19.3. The SMILES string of the molecule is CC1(N)CCCCC1C(=O)NCCC(=O)N1CCN(c2ncccn2)CC1.Cl.Cl. The van der Waals surface area contributed by atoms with E-state index in [2.05, 4.69) is 20.2 Å². The lowest BCUT2D eigenvalue weighted by atomic mass is 9.74. The number of amides is 2. The van der Waals surface area contributed by atoms with E-state index in [1.165, 1.54) is 0 Å². The smallest absolute Gasteiger partial charge is 0.225 e. The Labute approximate surface area is 184 Å². The maximum absolute atomic E-state index is 12.4. The Balaban J connectivity index is 0.00000210. The van der Waals surface area contributed by atoms with Crippen molar-refractivity contribution in [3.63, 3.8) is 0 Å². The number of rotatable bonds is 5. The molecule has 29 heavy (non-hydrogen) atoms. The van der Waals surface area contributed by atoms with Gasteiger partial charge in [-0.3, -0.25) is 9.59 Å². The summed E-state index contributed by atoms with van der Waals surface area (Å²) in [7, 11) is 0. The summed E-state index contributed by atoms with van der Waals surface area (Å²) in [5, 5.41) is 2.92. The number of anilines is 1. The number of piperazine rings is 1. The number of carbonyl (C=O) groups is 2. The van der Waals surface area contributed by atoms with Crippen LogP contribution in [0.4, 0.5) is 5.95 Å². The Morgan fingerprint density at radius 2 is 1.83 bits per heavy atom. The number of carbonyl (C=O) groups excluding carboxylic acids is 2. The molecule has 8 nitrogen and oxygen atoms in total. The Morgan fingerprint density at radius 1 is 1.17 bits per heavy atom. The van der Waals surface area contributed by atoms with Crippen LogP contribution in [0.1, 0.15) is 39.0 Å². The van der Waals surface area contributed by atoms with E-state index in [0.29, 0.717) is 32.0 Å². The number of hydrogen-bond donors (Lipinski definition) is 2. The van der Waals surface area contributed by atoms with Crippen LogP contribution in [-0.4, -0.2) is 64.9 Å². The highest BCUT2D eigenvalue weighted by Gasteiger charge is 2.37. The number of nitrogens with zero attached hydrogens (tertiary/aromatic N) is 4. The molecule has 1 aromatic rings. The summed E-state index contributed by atoms with van der Waals surface area (Å²) in [5.74, 6) is 0.603. The summed E-state index contributed by atoms with van der Waals surface area (Å²) in [4.78, 5) is 37.3. The second-order valence-electron chi connectivity index (χ2n) is 7.76. The van der Waals surface area contributed by atoms with Crippen molar-refractivity contribution in [2.75, 3.05) is 37.6 Å². The van der Waals surface area contributed by atoms with Gasteiger partial charge in [0, 0.05) is 57.1 Å². The summed E-state index contributed by atoms with van der Waals surface area (Å²) < 4.78 is 0. The molecule has 2 heterocycles. The van der Waals surface area contributed by atoms with Crippen LogP contribution in [-0.2, 0) is 9.59 Å². The van der Waals surface area contributed by atoms with Gasteiger partial charge in [-0.25, -0.2) is 9.97 Å². The largest absolute Gasteiger partial charge is 0.355 e. The molecular formula is C19H32Cl2N6O2. The van der Waals surface area contributed by atoms with Gasteiger partial charge < -0.3 is 20.9 Å². The Hall–Kier alpha value is -1.64. The fraction of sp³-hybridized carbons (Fsp3) is 0.684. The average Bonchev–Trinajstić information content (AvgIpc) is 2.68. The summed E-state index contributed by atoms with van der Waals surface area (Å²) >= 11 is 0. The van der Waals surface area contributed by atoms with Crippen LogP contribution in [0.3, 0.4) is 0 Å². The average molecular weight is 447 g/mol. The van der Waals surface area contributed by atoms with Gasteiger partial charge in [0.15, 0.2) is 0 Å². The van der Waals surface area contributed by atoms with E-state index in [-0.39, 0.29) is 42.5 Å². The topological polar surface area (TPSA) is 104 Å². The highest BCUT2D eigenvalue weighted by atomic mass is 35.5. The van der Waals surface area contributed by atoms with Crippen LogP contribution in [0.2, 0.25) is 0 Å². The maximum atomic E-state index is 12.4. The van der Waals surface area contributed by atoms with Gasteiger partial charge in [0.1, 0.15) is 0 Å². The first-order valence-corrected chi connectivity index (χ1v) is 9.84. The molecule has 0 aromatic carbocycles. The Morgan fingerprint density at radius 3 is 2.45 bits per heavy atom. The van der Waals surface area contributed by atoms with E-state index in [9.17, 15) is 9.59 Å². The van der Waals surface area contributed by atoms with Crippen LogP contribution in [0.5, 0.6) is 0 Å². The van der Waals surface area contributed by atoms with Gasteiger partial charge >= 0.3 is 0 Å². The standard InChI is InChI=1S/C19H30N6O2.2ClH/c1-19(20)7-3-2-5-15(19)17(27)21-10-6-16(26)24-11-13-25(14-12-24)18-22-8-4-9-23-18;;/h4,8-9,15H,2-3,5-7,10-14,20H2,1H3,(H,21,27);2*1H. The number of halogens is 2. The van der Waals surface area contributed by atoms with Crippen molar-refractivity contribution in [2.45, 2.75) is 44.6 Å². The summed E-state index contributed by atoms with van der Waals surface area (Å²) in [5.41, 5.74) is 5.84. The van der Waals surface area contributed by atoms with Crippen molar-refractivity contribution in [3.05, 3.63) is 18.5 Å². The third-order valence-electron chi connectivity index (χ3n) is 5.68. The third kappa shape index (κ3) is 6.69. The van der Waals surface area contributed by atoms with Crippen molar-refractivity contribution in [1.82, 2.24) is 20.2 Å². The maximum Gasteiger partial charge on any atom is 0.225 e. The van der Waals surface area contributed by atoms with E-state index >= 15 is 0 Å². The molecule has 1 aliphatic heterocycles. The van der Waals surface area contributed by atoms with E-state index in [4.69, 9.17) is 5.73 Å². The van der Waals surface area contributed by atoms with Crippen LogP contribution < -0.4 is 16.0 Å². The second kappa shape index (κ2) is 11.5. The van der Waals surface area contributed by atoms with E-state index in [1.54, 1.807) is 18.5 Å². The van der Waals surface area contributed by atoms with Gasteiger partial charge in [-0.05, 0) is 25.8 Å². The molecule has 1 aromatic heterocycles. The molecule has 164 valence electrons. The zero-order valence-corrected chi connectivity index (χ0v) is 18.5. The number of aromatic nitrogens is 2. The molecule has 0 bridgehead atoms.